The highest BCUT2D eigenvalue weighted by Crippen LogP contribution is 2.52. The number of hydrogen-bond donors (Lipinski definition) is 1. The summed E-state index contributed by atoms with van der Waals surface area (Å²) in [4.78, 5) is 24.0. The number of rotatable bonds is 1. The van der Waals surface area contributed by atoms with Crippen molar-refractivity contribution in [3.8, 4) is 0 Å². The van der Waals surface area contributed by atoms with Gasteiger partial charge in [0, 0.05) is 10.8 Å². The molecule has 0 unspecified atom stereocenters. The number of carboxylic acid groups (broad SMARTS) is 1. The molecule has 0 saturated carbocycles. The monoisotopic (exact) mass is 215 g/mol. The highest BCUT2D eigenvalue weighted by molar-refractivity contribution is 8.01. The maximum absolute atomic E-state index is 11.5. The van der Waals surface area contributed by atoms with Crippen molar-refractivity contribution < 1.29 is 14.7 Å². The van der Waals surface area contributed by atoms with Crippen LogP contribution in [0.4, 0.5) is 0 Å². The molecule has 5 heteroatoms. The molecule has 4 nitrogen and oxygen atoms in total. The fraction of sp³-hybridized carbons (Fsp3) is 0.778. The summed E-state index contributed by atoms with van der Waals surface area (Å²) < 4.78 is -0.0372. The summed E-state index contributed by atoms with van der Waals surface area (Å²) >= 11 is 1.59. The van der Waals surface area contributed by atoms with Gasteiger partial charge in [-0.3, -0.25) is 9.59 Å². The van der Waals surface area contributed by atoms with Crippen LogP contribution in [-0.4, -0.2) is 38.0 Å². The first-order chi connectivity index (χ1) is 6.36. The number of thioether (sulfide) groups is 1. The Labute approximate surface area is 86.6 Å². The van der Waals surface area contributed by atoms with E-state index in [-0.39, 0.29) is 22.1 Å². The summed E-state index contributed by atoms with van der Waals surface area (Å²) in [6.45, 7) is 6.07. The van der Waals surface area contributed by atoms with Crippen LogP contribution < -0.4 is 0 Å². The lowest BCUT2D eigenvalue weighted by Crippen LogP contribution is -2.62. The van der Waals surface area contributed by atoms with Gasteiger partial charge in [0.15, 0.2) is 5.92 Å². The molecule has 2 aliphatic heterocycles. The van der Waals surface area contributed by atoms with Gasteiger partial charge >= 0.3 is 5.97 Å². The Bertz CT molecular complexity index is 315. The van der Waals surface area contributed by atoms with Crippen LogP contribution in [0.2, 0.25) is 0 Å². The fourth-order valence-electron chi connectivity index (χ4n) is 1.99. The van der Waals surface area contributed by atoms with Crippen molar-refractivity contribution in [2.24, 2.45) is 5.92 Å². The van der Waals surface area contributed by atoms with Crippen molar-refractivity contribution in [3.63, 3.8) is 0 Å². The second kappa shape index (κ2) is 2.66. The molecule has 2 fully saturated rings. The molecule has 2 saturated heterocycles. The molecule has 2 aliphatic rings. The van der Waals surface area contributed by atoms with E-state index in [4.69, 9.17) is 5.11 Å². The molecule has 0 aromatic rings. The average Bonchev–Trinajstić information content (AvgIpc) is 2.19. The van der Waals surface area contributed by atoms with Crippen LogP contribution in [0.25, 0.3) is 0 Å². The van der Waals surface area contributed by atoms with E-state index in [9.17, 15) is 9.59 Å². The van der Waals surface area contributed by atoms with Crippen LogP contribution >= 0.6 is 11.8 Å². The number of carbonyl (C=O) groups is 2. The predicted octanol–water partition coefficient (Wildman–Crippen LogP) is 0.769. The smallest absolute Gasteiger partial charge is 0.319 e. The summed E-state index contributed by atoms with van der Waals surface area (Å²) in [6.07, 6.45) is 0. The number of carboxylic acids is 1. The summed E-state index contributed by atoms with van der Waals surface area (Å²) in [5.74, 6) is -2.04. The van der Waals surface area contributed by atoms with E-state index < -0.39 is 11.9 Å². The molecule has 3 atom stereocenters. The zero-order valence-electron chi connectivity index (χ0n) is 8.35. The molecular weight excluding hydrogens is 202 g/mol. The summed E-state index contributed by atoms with van der Waals surface area (Å²) in [5.41, 5.74) is 0. The van der Waals surface area contributed by atoms with Crippen LogP contribution in [-0.2, 0) is 9.59 Å². The SMILES string of the molecule is C[C@@H]1N2C(=O)[C@@H](C(=O)O)[C@H]2SC1(C)C. The van der Waals surface area contributed by atoms with Gasteiger partial charge in [0.1, 0.15) is 5.37 Å². The van der Waals surface area contributed by atoms with E-state index in [1.807, 2.05) is 20.8 Å². The Hall–Kier alpha value is -0.710. The van der Waals surface area contributed by atoms with Gasteiger partial charge in [-0.25, -0.2) is 0 Å². The third-order valence-electron chi connectivity index (χ3n) is 3.19. The number of amides is 1. The fourth-order valence-corrected chi connectivity index (χ4v) is 3.70. The second-order valence-corrected chi connectivity index (χ2v) is 6.12. The molecule has 1 N–H and O–H groups in total. The number of hydrogen-bond acceptors (Lipinski definition) is 3. The minimum atomic E-state index is -0.992. The van der Waals surface area contributed by atoms with E-state index in [0.717, 1.165) is 0 Å². The van der Waals surface area contributed by atoms with E-state index in [1.165, 1.54) is 0 Å². The van der Waals surface area contributed by atoms with Gasteiger partial charge in [0.25, 0.3) is 0 Å². The molecule has 0 bridgehead atoms. The van der Waals surface area contributed by atoms with Gasteiger partial charge in [-0.1, -0.05) is 0 Å². The number of nitrogens with zero attached hydrogens (tertiary/aromatic N) is 1. The van der Waals surface area contributed by atoms with Gasteiger partial charge < -0.3 is 10.0 Å². The Morgan fingerprint density at radius 3 is 2.64 bits per heavy atom. The number of fused-ring (bicyclic) bond motifs is 1. The zero-order valence-corrected chi connectivity index (χ0v) is 9.17. The van der Waals surface area contributed by atoms with E-state index in [0.29, 0.717) is 0 Å². The summed E-state index contributed by atoms with van der Waals surface area (Å²) in [5, 5.41) is 8.70. The third kappa shape index (κ3) is 1.02. The number of aliphatic carboxylic acids is 1. The molecule has 0 aromatic carbocycles. The van der Waals surface area contributed by atoms with Crippen LogP contribution in [0.3, 0.4) is 0 Å². The van der Waals surface area contributed by atoms with Crippen molar-refractivity contribution in [2.75, 3.05) is 0 Å². The first-order valence-corrected chi connectivity index (χ1v) is 5.47. The average molecular weight is 215 g/mol. The summed E-state index contributed by atoms with van der Waals surface area (Å²) in [6, 6.07) is 0.126. The van der Waals surface area contributed by atoms with Crippen LogP contribution in [0.1, 0.15) is 20.8 Å². The molecule has 78 valence electrons. The standard InChI is InChI=1S/C9H13NO3S/c1-4-9(2,3)14-7-5(8(12)13)6(11)10(4)7/h4-5,7H,1-3H3,(H,12,13)/t4-,5+,7+/m0/s1. The van der Waals surface area contributed by atoms with Crippen molar-refractivity contribution in [2.45, 2.75) is 36.9 Å². The lowest BCUT2D eigenvalue weighted by Gasteiger charge is -2.41. The van der Waals surface area contributed by atoms with Crippen LogP contribution in [0.15, 0.2) is 0 Å². The van der Waals surface area contributed by atoms with Gasteiger partial charge in [0.2, 0.25) is 5.91 Å². The van der Waals surface area contributed by atoms with Crippen molar-refractivity contribution in [1.29, 1.82) is 0 Å². The molecule has 0 spiro atoms. The van der Waals surface area contributed by atoms with Gasteiger partial charge in [-0.15, -0.1) is 11.8 Å². The van der Waals surface area contributed by atoms with E-state index in [1.54, 1.807) is 16.7 Å². The minimum absolute atomic E-state index is 0.0372. The van der Waals surface area contributed by atoms with E-state index >= 15 is 0 Å². The Morgan fingerprint density at radius 2 is 2.14 bits per heavy atom. The second-order valence-electron chi connectivity index (χ2n) is 4.35. The van der Waals surface area contributed by atoms with E-state index in [2.05, 4.69) is 0 Å². The van der Waals surface area contributed by atoms with Crippen molar-refractivity contribution in [3.05, 3.63) is 0 Å². The molecule has 1 amide bonds. The van der Waals surface area contributed by atoms with Crippen molar-refractivity contribution >= 4 is 23.6 Å². The zero-order chi connectivity index (χ0) is 10.7. The highest BCUT2D eigenvalue weighted by Gasteiger charge is 2.62. The largest absolute Gasteiger partial charge is 0.481 e. The molecular formula is C9H13NO3S. The molecule has 2 rings (SSSR count). The molecule has 2 heterocycles. The molecule has 0 aromatic heterocycles. The van der Waals surface area contributed by atoms with Gasteiger partial charge in [0.05, 0.1) is 0 Å². The van der Waals surface area contributed by atoms with Crippen LogP contribution in [0.5, 0.6) is 0 Å². The normalized spacial score (nSPS) is 39.2. The molecule has 0 radical (unpaired) electrons. The first kappa shape index (κ1) is 9.83. The maximum atomic E-state index is 11.5. The first-order valence-electron chi connectivity index (χ1n) is 4.59. The third-order valence-corrected chi connectivity index (χ3v) is 4.88. The summed E-state index contributed by atoms with van der Waals surface area (Å²) in [7, 11) is 0. The maximum Gasteiger partial charge on any atom is 0.319 e. The van der Waals surface area contributed by atoms with Crippen molar-refractivity contribution in [1.82, 2.24) is 4.90 Å². The molecule has 0 aliphatic carbocycles. The Kier molecular flexibility index (Phi) is 1.86. The number of β-lactam (4-membered cyclic amide) rings is 1. The topological polar surface area (TPSA) is 57.6 Å². The lowest BCUT2D eigenvalue weighted by atomic mass is 9.93. The predicted molar refractivity (Wildman–Crippen MR) is 52.9 cm³/mol. The Morgan fingerprint density at radius 1 is 1.57 bits per heavy atom. The Balaban J connectivity index is 2.24. The van der Waals surface area contributed by atoms with Crippen LogP contribution in [0, 0.1) is 5.92 Å². The number of carbonyl (C=O) groups excluding carboxylic acids is 1. The van der Waals surface area contributed by atoms with Gasteiger partial charge in [-0.05, 0) is 20.8 Å². The minimum Gasteiger partial charge on any atom is -0.481 e. The lowest BCUT2D eigenvalue weighted by molar-refractivity contribution is -0.165. The quantitative estimate of drug-likeness (QED) is 0.518. The van der Waals surface area contributed by atoms with Gasteiger partial charge in [-0.2, -0.15) is 0 Å². The molecule has 14 heavy (non-hydrogen) atoms. The highest BCUT2D eigenvalue weighted by atomic mass is 32.2.